The maximum atomic E-state index is 10.4. The van der Waals surface area contributed by atoms with Crippen LogP contribution in [-0.4, -0.2) is 56.9 Å². The monoisotopic (exact) mass is 344 g/mol. The van der Waals surface area contributed by atoms with Crippen molar-refractivity contribution < 1.29 is 30.0 Å². The van der Waals surface area contributed by atoms with Gasteiger partial charge in [0.1, 0.15) is 0 Å². The second kappa shape index (κ2) is 11.6. The molecule has 0 amide bonds. The van der Waals surface area contributed by atoms with Gasteiger partial charge >= 0.3 is 5.97 Å². The van der Waals surface area contributed by atoms with Crippen LogP contribution in [0.1, 0.15) is 64.7 Å². The molecule has 0 aromatic carbocycles. The Kier molecular flexibility index (Phi) is 10.2. The first-order chi connectivity index (χ1) is 11.4. The Morgan fingerprint density at radius 1 is 1.17 bits per heavy atom. The second-order valence-corrected chi connectivity index (χ2v) is 6.57. The van der Waals surface area contributed by atoms with Crippen molar-refractivity contribution in [2.24, 2.45) is 0 Å². The summed E-state index contributed by atoms with van der Waals surface area (Å²) in [5.74, 6) is -0.752. The normalized spacial score (nSPS) is 26.8. The number of carbonyl (C=O) groups is 1. The lowest BCUT2D eigenvalue weighted by Crippen LogP contribution is -2.24. The molecule has 140 valence electrons. The van der Waals surface area contributed by atoms with E-state index in [4.69, 9.17) is 9.84 Å². The quantitative estimate of drug-likeness (QED) is 0.319. The first-order valence-electron chi connectivity index (χ1n) is 9.03. The lowest BCUT2D eigenvalue weighted by molar-refractivity contribution is -0.137. The first-order valence-corrected chi connectivity index (χ1v) is 9.03. The molecule has 0 radical (unpaired) electrons. The Bertz CT molecular complexity index is 384. The molecule has 5 atom stereocenters. The van der Waals surface area contributed by atoms with E-state index in [1.807, 2.05) is 6.92 Å². The Hall–Kier alpha value is -0.950. The van der Waals surface area contributed by atoms with Gasteiger partial charge in [0.15, 0.2) is 0 Å². The molecular formula is C18H32O6. The summed E-state index contributed by atoms with van der Waals surface area (Å²) in [7, 11) is 0. The number of hydrogen-bond acceptors (Lipinski definition) is 5. The number of aliphatic hydroxyl groups excluding tert-OH is 3. The summed E-state index contributed by atoms with van der Waals surface area (Å²) in [5.41, 5.74) is 0. The molecular weight excluding hydrogens is 312 g/mol. The maximum Gasteiger partial charge on any atom is 0.303 e. The fourth-order valence-electron chi connectivity index (χ4n) is 2.97. The largest absolute Gasteiger partial charge is 0.481 e. The summed E-state index contributed by atoms with van der Waals surface area (Å²) in [6, 6.07) is 0. The van der Waals surface area contributed by atoms with E-state index in [1.54, 1.807) is 12.2 Å². The van der Waals surface area contributed by atoms with Crippen molar-refractivity contribution in [3.05, 3.63) is 12.2 Å². The number of rotatable bonds is 12. The SMILES string of the molecule is CC[C@H]1O[C@H]([C@H](O)/C=C/[C@@H](O)CCCCCCCC(=O)O)C[C@H]1O. The third-order valence-electron chi connectivity index (χ3n) is 4.46. The van der Waals surface area contributed by atoms with E-state index in [1.165, 1.54) is 0 Å². The van der Waals surface area contributed by atoms with E-state index in [2.05, 4.69) is 0 Å². The topological polar surface area (TPSA) is 107 Å². The third kappa shape index (κ3) is 8.24. The number of carboxylic acid groups (broad SMARTS) is 1. The highest BCUT2D eigenvalue weighted by Gasteiger charge is 2.35. The lowest BCUT2D eigenvalue weighted by atomic mass is 10.0. The Morgan fingerprint density at radius 3 is 2.46 bits per heavy atom. The molecule has 0 spiro atoms. The molecule has 4 N–H and O–H groups in total. The maximum absolute atomic E-state index is 10.4. The van der Waals surface area contributed by atoms with Crippen molar-refractivity contribution in [1.29, 1.82) is 0 Å². The Morgan fingerprint density at radius 2 is 1.83 bits per heavy atom. The first kappa shape index (κ1) is 21.1. The standard InChI is InChI=1S/C18H32O6/c1-2-16-15(21)12-17(24-16)14(20)11-10-13(19)8-6-4-3-5-7-9-18(22)23/h10-11,13-17,19-21H,2-9,12H2,1H3,(H,22,23)/b11-10+/t13-,14+,15+,16+,17-/m0/s1. The van der Waals surface area contributed by atoms with E-state index < -0.39 is 30.4 Å². The van der Waals surface area contributed by atoms with Crippen molar-refractivity contribution in [3.8, 4) is 0 Å². The highest BCUT2D eigenvalue weighted by molar-refractivity contribution is 5.66. The summed E-state index contributed by atoms with van der Waals surface area (Å²) in [6.45, 7) is 1.93. The number of hydrogen-bond donors (Lipinski definition) is 4. The Balaban J connectivity index is 2.12. The van der Waals surface area contributed by atoms with Crippen LogP contribution in [0.15, 0.2) is 12.2 Å². The van der Waals surface area contributed by atoms with Gasteiger partial charge in [-0.05, 0) is 19.3 Å². The highest BCUT2D eigenvalue weighted by atomic mass is 16.5. The predicted molar refractivity (Wildman–Crippen MR) is 90.7 cm³/mol. The van der Waals surface area contributed by atoms with Gasteiger partial charge in [0, 0.05) is 12.8 Å². The summed E-state index contributed by atoms with van der Waals surface area (Å²) < 4.78 is 5.60. The summed E-state index contributed by atoms with van der Waals surface area (Å²) in [4.78, 5) is 10.4. The van der Waals surface area contributed by atoms with Crippen LogP contribution in [0.5, 0.6) is 0 Å². The molecule has 1 rings (SSSR count). The van der Waals surface area contributed by atoms with Crippen LogP contribution in [0.25, 0.3) is 0 Å². The van der Waals surface area contributed by atoms with Gasteiger partial charge in [0.2, 0.25) is 0 Å². The highest BCUT2D eigenvalue weighted by Crippen LogP contribution is 2.25. The van der Waals surface area contributed by atoms with Crippen molar-refractivity contribution >= 4 is 5.97 Å². The van der Waals surface area contributed by atoms with Crippen LogP contribution in [-0.2, 0) is 9.53 Å². The zero-order valence-electron chi connectivity index (χ0n) is 14.5. The number of aliphatic hydroxyl groups is 3. The molecule has 0 aromatic heterocycles. The van der Waals surface area contributed by atoms with Crippen LogP contribution in [0, 0.1) is 0 Å². The number of unbranched alkanes of at least 4 members (excludes halogenated alkanes) is 4. The van der Waals surface area contributed by atoms with Crippen molar-refractivity contribution in [2.75, 3.05) is 0 Å². The van der Waals surface area contributed by atoms with Crippen LogP contribution in [0.3, 0.4) is 0 Å². The van der Waals surface area contributed by atoms with Gasteiger partial charge in [0.25, 0.3) is 0 Å². The molecule has 1 aliphatic rings. The molecule has 0 bridgehead atoms. The molecule has 0 saturated carbocycles. The third-order valence-corrected chi connectivity index (χ3v) is 4.46. The number of carboxylic acids is 1. The van der Waals surface area contributed by atoms with Crippen LogP contribution < -0.4 is 0 Å². The molecule has 6 heteroatoms. The second-order valence-electron chi connectivity index (χ2n) is 6.57. The molecule has 24 heavy (non-hydrogen) atoms. The van der Waals surface area contributed by atoms with Crippen molar-refractivity contribution in [2.45, 2.75) is 95.2 Å². The van der Waals surface area contributed by atoms with Crippen LogP contribution in [0.2, 0.25) is 0 Å². The zero-order valence-corrected chi connectivity index (χ0v) is 14.5. The van der Waals surface area contributed by atoms with Gasteiger partial charge in [-0.2, -0.15) is 0 Å². The minimum atomic E-state index is -0.818. The van der Waals surface area contributed by atoms with Crippen molar-refractivity contribution in [1.82, 2.24) is 0 Å². The lowest BCUT2D eigenvalue weighted by Gasteiger charge is -2.16. The molecule has 1 heterocycles. The van der Waals surface area contributed by atoms with Gasteiger partial charge in [-0.1, -0.05) is 44.8 Å². The Labute approximate surface area is 144 Å². The van der Waals surface area contributed by atoms with Gasteiger partial charge < -0.3 is 25.2 Å². The number of aliphatic carboxylic acids is 1. The summed E-state index contributed by atoms with van der Waals surface area (Å²) >= 11 is 0. The van der Waals surface area contributed by atoms with Crippen LogP contribution in [0.4, 0.5) is 0 Å². The summed E-state index contributed by atoms with van der Waals surface area (Å²) in [5, 5.41) is 38.3. The molecule has 0 aliphatic carbocycles. The average molecular weight is 344 g/mol. The smallest absolute Gasteiger partial charge is 0.303 e. The zero-order chi connectivity index (χ0) is 17.9. The van der Waals surface area contributed by atoms with E-state index >= 15 is 0 Å². The fraction of sp³-hybridized carbons (Fsp3) is 0.833. The fourth-order valence-corrected chi connectivity index (χ4v) is 2.97. The average Bonchev–Trinajstić information content (AvgIpc) is 2.92. The van der Waals surface area contributed by atoms with Crippen molar-refractivity contribution in [3.63, 3.8) is 0 Å². The van der Waals surface area contributed by atoms with Gasteiger partial charge in [0.05, 0.1) is 30.5 Å². The minimum absolute atomic E-state index is 0.218. The van der Waals surface area contributed by atoms with Crippen LogP contribution >= 0.6 is 0 Å². The predicted octanol–water partition coefficient (Wildman–Crippen LogP) is 2.01. The van der Waals surface area contributed by atoms with Gasteiger partial charge in [-0.15, -0.1) is 0 Å². The summed E-state index contributed by atoms with van der Waals surface area (Å²) in [6.07, 6.45) is 6.92. The number of ether oxygens (including phenoxy) is 1. The van der Waals surface area contributed by atoms with E-state index in [0.717, 1.165) is 25.7 Å². The van der Waals surface area contributed by atoms with Gasteiger partial charge in [-0.25, -0.2) is 0 Å². The molecule has 1 aliphatic heterocycles. The van der Waals surface area contributed by atoms with E-state index in [-0.39, 0.29) is 12.5 Å². The minimum Gasteiger partial charge on any atom is -0.481 e. The molecule has 0 aromatic rings. The molecule has 1 saturated heterocycles. The molecule has 1 fully saturated rings. The molecule has 6 nitrogen and oxygen atoms in total. The molecule has 0 unspecified atom stereocenters. The van der Waals surface area contributed by atoms with E-state index in [0.29, 0.717) is 25.7 Å². The van der Waals surface area contributed by atoms with Gasteiger partial charge in [-0.3, -0.25) is 4.79 Å². The van der Waals surface area contributed by atoms with E-state index in [9.17, 15) is 20.1 Å².